The van der Waals surface area contributed by atoms with E-state index in [2.05, 4.69) is 0 Å². The number of hydrogen-bond acceptors (Lipinski definition) is 3. The maximum Gasteiger partial charge on any atom is 0.267 e. The molecule has 0 saturated heterocycles. The Hall–Kier alpha value is -1.59. The lowest BCUT2D eigenvalue weighted by atomic mass is 9.85. The third kappa shape index (κ3) is 2.48. The summed E-state index contributed by atoms with van der Waals surface area (Å²) in [5, 5.41) is 0. The summed E-state index contributed by atoms with van der Waals surface area (Å²) < 4.78 is 32.8. The van der Waals surface area contributed by atoms with Crippen molar-refractivity contribution in [2.45, 2.75) is 43.6 Å². The van der Waals surface area contributed by atoms with Crippen LogP contribution in [0.25, 0.3) is 0 Å². The number of benzene rings is 1. The van der Waals surface area contributed by atoms with Crippen molar-refractivity contribution in [3.63, 3.8) is 0 Å². The van der Waals surface area contributed by atoms with Crippen LogP contribution in [-0.4, -0.2) is 25.1 Å². The van der Waals surface area contributed by atoms with Crippen LogP contribution in [0.2, 0.25) is 0 Å². The van der Waals surface area contributed by atoms with E-state index >= 15 is 0 Å². The van der Waals surface area contributed by atoms with Crippen molar-refractivity contribution >= 4 is 10.0 Å². The van der Waals surface area contributed by atoms with Gasteiger partial charge in [0.15, 0.2) is 0 Å². The SMILES string of the molecule is COC1(C)CCc2ccn(S(=O)(=O)c3ccc(C)cc3)c2C1. The van der Waals surface area contributed by atoms with Crippen molar-refractivity contribution in [3.05, 3.63) is 53.3 Å². The van der Waals surface area contributed by atoms with Crippen LogP contribution >= 0.6 is 0 Å². The molecule has 0 spiro atoms. The summed E-state index contributed by atoms with van der Waals surface area (Å²) in [6, 6.07) is 8.88. The van der Waals surface area contributed by atoms with E-state index in [0.717, 1.165) is 29.7 Å². The fourth-order valence-electron chi connectivity index (χ4n) is 2.97. The molecular weight excluding hydrogens is 298 g/mol. The summed E-state index contributed by atoms with van der Waals surface area (Å²) >= 11 is 0. The maximum atomic E-state index is 12.9. The van der Waals surface area contributed by atoms with Crippen LogP contribution in [0.1, 0.15) is 30.2 Å². The molecular formula is C17H21NO3S. The summed E-state index contributed by atoms with van der Waals surface area (Å²) in [5.41, 5.74) is 2.69. The molecule has 1 aliphatic rings. The van der Waals surface area contributed by atoms with Crippen molar-refractivity contribution < 1.29 is 13.2 Å². The molecule has 118 valence electrons. The Morgan fingerprint density at radius 2 is 1.86 bits per heavy atom. The molecule has 1 heterocycles. The first-order valence-electron chi connectivity index (χ1n) is 7.42. The molecule has 1 aliphatic carbocycles. The summed E-state index contributed by atoms with van der Waals surface area (Å²) in [4.78, 5) is 0.321. The average Bonchev–Trinajstić information content (AvgIpc) is 2.91. The third-order valence-electron chi connectivity index (χ3n) is 4.58. The molecule has 1 unspecified atom stereocenters. The largest absolute Gasteiger partial charge is 0.378 e. The molecule has 5 heteroatoms. The van der Waals surface area contributed by atoms with Crippen molar-refractivity contribution in [1.82, 2.24) is 3.97 Å². The normalized spacial score (nSPS) is 21.6. The Morgan fingerprint density at radius 1 is 1.18 bits per heavy atom. The zero-order chi connectivity index (χ0) is 16.0. The minimum atomic E-state index is -3.55. The van der Waals surface area contributed by atoms with Gasteiger partial charge in [0.05, 0.1) is 10.5 Å². The number of aromatic nitrogens is 1. The van der Waals surface area contributed by atoms with Crippen LogP contribution in [0, 0.1) is 6.92 Å². The van der Waals surface area contributed by atoms with Gasteiger partial charge in [0.1, 0.15) is 0 Å². The Morgan fingerprint density at radius 3 is 2.50 bits per heavy atom. The first-order valence-corrected chi connectivity index (χ1v) is 8.86. The molecule has 0 radical (unpaired) electrons. The van der Waals surface area contributed by atoms with E-state index < -0.39 is 10.0 Å². The Bertz CT molecular complexity index is 790. The van der Waals surface area contributed by atoms with E-state index in [1.807, 2.05) is 32.0 Å². The third-order valence-corrected chi connectivity index (χ3v) is 6.31. The highest BCUT2D eigenvalue weighted by atomic mass is 32.2. The van der Waals surface area contributed by atoms with E-state index in [1.54, 1.807) is 25.4 Å². The van der Waals surface area contributed by atoms with Gasteiger partial charge in [-0.25, -0.2) is 12.4 Å². The van der Waals surface area contributed by atoms with Gasteiger partial charge in [-0.3, -0.25) is 0 Å². The van der Waals surface area contributed by atoms with E-state index in [1.165, 1.54) is 3.97 Å². The predicted molar refractivity (Wildman–Crippen MR) is 85.6 cm³/mol. The standard InChI is InChI=1S/C17H21NO3S/c1-13-4-6-15(7-5-13)22(19,20)18-11-9-14-8-10-17(2,21-3)12-16(14)18/h4-7,9,11H,8,10,12H2,1-3H3. The summed E-state index contributed by atoms with van der Waals surface area (Å²) in [6.07, 6.45) is 4.03. The van der Waals surface area contributed by atoms with Crippen molar-refractivity contribution in [2.24, 2.45) is 0 Å². The number of ether oxygens (including phenoxy) is 1. The lowest BCUT2D eigenvalue weighted by molar-refractivity contribution is -0.00589. The van der Waals surface area contributed by atoms with Gasteiger partial charge in [-0.05, 0) is 50.5 Å². The Labute approximate surface area is 131 Å². The van der Waals surface area contributed by atoms with E-state index in [4.69, 9.17) is 4.74 Å². The van der Waals surface area contributed by atoms with Crippen LogP contribution in [0.3, 0.4) is 0 Å². The molecule has 1 aromatic heterocycles. The van der Waals surface area contributed by atoms with Gasteiger partial charge in [-0.15, -0.1) is 0 Å². The Balaban J connectivity index is 2.07. The fourth-order valence-corrected chi connectivity index (χ4v) is 4.37. The van der Waals surface area contributed by atoms with Crippen LogP contribution < -0.4 is 0 Å². The molecule has 22 heavy (non-hydrogen) atoms. The van der Waals surface area contributed by atoms with E-state index in [0.29, 0.717) is 11.3 Å². The van der Waals surface area contributed by atoms with Gasteiger partial charge in [-0.1, -0.05) is 17.7 Å². The van der Waals surface area contributed by atoms with Crippen molar-refractivity contribution in [2.75, 3.05) is 7.11 Å². The van der Waals surface area contributed by atoms with Gasteiger partial charge in [-0.2, -0.15) is 0 Å². The van der Waals surface area contributed by atoms with Gasteiger partial charge >= 0.3 is 0 Å². The van der Waals surface area contributed by atoms with Crippen LogP contribution in [0.15, 0.2) is 41.4 Å². The topological polar surface area (TPSA) is 48.3 Å². The van der Waals surface area contributed by atoms with E-state index in [-0.39, 0.29) is 5.60 Å². The second-order valence-electron chi connectivity index (χ2n) is 6.23. The molecule has 0 aliphatic heterocycles. The van der Waals surface area contributed by atoms with Crippen molar-refractivity contribution in [1.29, 1.82) is 0 Å². The van der Waals surface area contributed by atoms with Crippen molar-refractivity contribution in [3.8, 4) is 0 Å². The highest BCUT2D eigenvalue weighted by Gasteiger charge is 2.34. The number of nitrogens with zero attached hydrogens (tertiary/aromatic N) is 1. The summed E-state index contributed by atoms with van der Waals surface area (Å²) in [6.45, 7) is 3.98. The second-order valence-corrected chi connectivity index (χ2v) is 8.05. The molecule has 0 fully saturated rings. The highest BCUT2D eigenvalue weighted by Crippen LogP contribution is 2.33. The first kappa shape index (κ1) is 15.3. The molecule has 1 aromatic carbocycles. The van der Waals surface area contributed by atoms with Crippen LogP contribution in [-0.2, 0) is 27.6 Å². The average molecular weight is 319 g/mol. The van der Waals surface area contributed by atoms with Gasteiger partial charge in [0, 0.05) is 25.4 Å². The van der Waals surface area contributed by atoms with Gasteiger partial charge in [0.2, 0.25) is 0 Å². The molecule has 0 N–H and O–H groups in total. The second kappa shape index (κ2) is 5.25. The first-order chi connectivity index (χ1) is 10.4. The van der Waals surface area contributed by atoms with Gasteiger partial charge in [0.25, 0.3) is 10.0 Å². The van der Waals surface area contributed by atoms with E-state index in [9.17, 15) is 8.42 Å². The monoisotopic (exact) mass is 319 g/mol. The number of aryl methyl sites for hydroxylation is 2. The lowest BCUT2D eigenvalue weighted by Gasteiger charge is -2.33. The molecule has 1 atom stereocenters. The van der Waals surface area contributed by atoms with Gasteiger partial charge < -0.3 is 4.74 Å². The van der Waals surface area contributed by atoms with Crippen LogP contribution in [0.4, 0.5) is 0 Å². The quantitative estimate of drug-likeness (QED) is 0.874. The molecule has 2 aromatic rings. The molecule has 0 saturated carbocycles. The smallest absolute Gasteiger partial charge is 0.267 e. The molecule has 0 amide bonds. The number of methoxy groups -OCH3 is 1. The lowest BCUT2D eigenvalue weighted by Crippen LogP contribution is -2.36. The number of fused-ring (bicyclic) bond motifs is 1. The molecule has 0 bridgehead atoms. The minimum Gasteiger partial charge on any atom is -0.378 e. The highest BCUT2D eigenvalue weighted by molar-refractivity contribution is 7.90. The zero-order valence-electron chi connectivity index (χ0n) is 13.2. The summed E-state index contributed by atoms with van der Waals surface area (Å²) in [7, 11) is -1.86. The maximum absolute atomic E-state index is 12.9. The summed E-state index contributed by atoms with van der Waals surface area (Å²) in [5.74, 6) is 0. The van der Waals surface area contributed by atoms with Crippen LogP contribution in [0.5, 0.6) is 0 Å². The Kier molecular flexibility index (Phi) is 3.65. The fraction of sp³-hybridized carbons (Fsp3) is 0.412. The molecule has 4 nitrogen and oxygen atoms in total. The molecule has 3 rings (SSSR count). The predicted octanol–water partition coefficient (Wildman–Crippen LogP) is 2.93. The zero-order valence-corrected chi connectivity index (χ0v) is 14.0. The number of rotatable bonds is 3. The number of hydrogen-bond donors (Lipinski definition) is 0. The minimum absolute atomic E-state index is 0.300.